The van der Waals surface area contributed by atoms with Gasteiger partial charge in [0.25, 0.3) is 0 Å². The molecule has 7 heteroatoms. The van der Waals surface area contributed by atoms with Gasteiger partial charge in [0.15, 0.2) is 0 Å². The van der Waals surface area contributed by atoms with Gasteiger partial charge in [-0.1, -0.05) is 0 Å². The van der Waals surface area contributed by atoms with Crippen LogP contribution in [0.5, 0.6) is 0 Å². The maximum atomic E-state index is 12.4. The smallest absolute Gasteiger partial charge is 0.244 e. The molecule has 2 heterocycles. The van der Waals surface area contributed by atoms with Gasteiger partial charge in [-0.3, -0.25) is 4.98 Å². The lowest BCUT2D eigenvalue weighted by Crippen LogP contribution is -2.29. The molecule has 0 saturated carbocycles. The van der Waals surface area contributed by atoms with Crippen molar-refractivity contribution in [2.24, 2.45) is 11.7 Å². The van der Waals surface area contributed by atoms with Gasteiger partial charge in [-0.25, -0.2) is 8.42 Å². The van der Waals surface area contributed by atoms with E-state index in [1.54, 1.807) is 19.2 Å². The molecular formula is C12H19N3O3S. The van der Waals surface area contributed by atoms with E-state index in [-0.39, 0.29) is 10.8 Å². The lowest BCUT2D eigenvalue weighted by Gasteiger charge is -2.16. The molecule has 106 valence electrons. The number of hydrogen-bond donors (Lipinski definition) is 1. The van der Waals surface area contributed by atoms with Crippen molar-refractivity contribution in [1.29, 1.82) is 0 Å². The second-order valence-corrected chi connectivity index (χ2v) is 6.60. The number of pyridine rings is 1. The highest BCUT2D eigenvalue weighted by Crippen LogP contribution is 2.24. The Kier molecular flexibility index (Phi) is 4.51. The average Bonchev–Trinajstić information content (AvgIpc) is 2.89. The van der Waals surface area contributed by atoms with Gasteiger partial charge in [0.05, 0.1) is 12.3 Å². The lowest BCUT2D eigenvalue weighted by molar-refractivity contribution is 0.157. The van der Waals surface area contributed by atoms with Crippen LogP contribution >= 0.6 is 0 Å². The zero-order valence-corrected chi connectivity index (χ0v) is 11.8. The van der Waals surface area contributed by atoms with E-state index in [0.717, 1.165) is 6.42 Å². The summed E-state index contributed by atoms with van der Waals surface area (Å²) < 4.78 is 31.4. The predicted octanol–water partition coefficient (Wildman–Crippen LogP) is 0.197. The molecule has 1 atom stereocenters. The Hall–Kier alpha value is -1.02. The van der Waals surface area contributed by atoms with Gasteiger partial charge < -0.3 is 10.5 Å². The highest BCUT2D eigenvalue weighted by Gasteiger charge is 2.32. The number of rotatable bonds is 5. The summed E-state index contributed by atoms with van der Waals surface area (Å²) in [7, 11) is -1.81. The van der Waals surface area contributed by atoms with Crippen LogP contribution in [0.4, 0.5) is 0 Å². The lowest BCUT2D eigenvalue weighted by atomic mass is 10.1. The van der Waals surface area contributed by atoms with Crippen LogP contribution in [0.2, 0.25) is 0 Å². The molecule has 0 amide bonds. The second kappa shape index (κ2) is 5.96. The minimum atomic E-state index is -3.44. The number of ether oxygens (including phenoxy) is 1. The third kappa shape index (κ3) is 3.11. The normalized spacial score (nSPS) is 20.8. The number of nitrogens with zero attached hydrogens (tertiary/aromatic N) is 2. The zero-order chi connectivity index (χ0) is 13.9. The van der Waals surface area contributed by atoms with Crippen LogP contribution in [0.25, 0.3) is 0 Å². The van der Waals surface area contributed by atoms with E-state index in [9.17, 15) is 8.42 Å². The van der Waals surface area contributed by atoms with E-state index in [1.807, 2.05) is 0 Å². The van der Waals surface area contributed by atoms with Crippen LogP contribution in [0, 0.1) is 5.92 Å². The van der Waals surface area contributed by atoms with E-state index in [1.165, 1.54) is 10.5 Å². The number of sulfonamides is 1. The van der Waals surface area contributed by atoms with Crippen LogP contribution < -0.4 is 5.73 Å². The molecule has 0 aromatic carbocycles. The van der Waals surface area contributed by atoms with Crippen molar-refractivity contribution in [3.05, 3.63) is 24.0 Å². The van der Waals surface area contributed by atoms with Gasteiger partial charge in [0.1, 0.15) is 4.90 Å². The van der Waals surface area contributed by atoms with E-state index < -0.39 is 10.0 Å². The van der Waals surface area contributed by atoms with Crippen molar-refractivity contribution in [3.8, 4) is 0 Å². The molecule has 2 N–H and O–H groups in total. The maximum Gasteiger partial charge on any atom is 0.244 e. The molecular weight excluding hydrogens is 266 g/mol. The summed E-state index contributed by atoms with van der Waals surface area (Å²) in [4.78, 5) is 4.26. The topological polar surface area (TPSA) is 85.5 Å². The first-order valence-electron chi connectivity index (χ1n) is 6.22. The summed E-state index contributed by atoms with van der Waals surface area (Å²) in [6.07, 6.45) is 2.21. The highest BCUT2D eigenvalue weighted by atomic mass is 32.2. The Morgan fingerprint density at radius 2 is 2.32 bits per heavy atom. The van der Waals surface area contributed by atoms with E-state index in [2.05, 4.69) is 4.98 Å². The molecule has 2 rings (SSSR count). The third-order valence-corrected chi connectivity index (χ3v) is 5.14. The van der Waals surface area contributed by atoms with Gasteiger partial charge in [0, 0.05) is 32.9 Å². The summed E-state index contributed by atoms with van der Waals surface area (Å²) >= 11 is 0. The van der Waals surface area contributed by atoms with Gasteiger partial charge in [-0.05, 0) is 24.5 Å². The zero-order valence-electron chi connectivity index (χ0n) is 10.9. The summed E-state index contributed by atoms with van der Waals surface area (Å²) in [6, 6.07) is 3.21. The number of hydrogen-bond acceptors (Lipinski definition) is 5. The molecule has 1 aliphatic rings. The Morgan fingerprint density at radius 3 is 2.89 bits per heavy atom. The van der Waals surface area contributed by atoms with E-state index in [0.29, 0.717) is 31.9 Å². The first-order chi connectivity index (χ1) is 9.07. The SMILES string of the molecule is COCC1CCN(S(=O)(=O)c2ccc(CN)nc2)C1. The van der Waals surface area contributed by atoms with Gasteiger partial charge in [-0.2, -0.15) is 4.31 Å². The van der Waals surface area contributed by atoms with E-state index in [4.69, 9.17) is 10.5 Å². The number of nitrogens with two attached hydrogens (primary N) is 1. The minimum absolute atomic E-state index is 0.225. The molecule has 1 saturated heterocycles. The fraction of sp³-hybridized carbons (Fsp3) is 0.583. The molecule has 19 heavy (non-hydrogen) atoms. The van der Waals surface area contributed by atoms with Crippen molar-refractivity contribution in [2.75, 3.05) is 26.8 Å². The Morgan fingerprint density at radius 1 is 1.53 bits per heavy atom. The molecule has 1 fully saturated rings. The van der Waals surface area contributed by atoms with E-state index >= 15 is 0 Å². The highest BCUT2D eigenvalue weighted by molar-refractivity contribution is 7.89. The van der Waals surface area contributed by atoms with Crippen molar-refractivity contribution in [1.82, 2.24) is 9.29 Å². The van der Waals surface area contributed by atoms with Crippen LogP contribution in [-0.4, -0.2) is 44.5 Å². The Bertz CT molecular complexity index is 516. The molecule has 0 spiro atoms. The van der Waals surface area contributed by atoms with Crippen LogP contribution in [0.3, 0.4) is 0 Å². The first kappa shape index (κ1) is 14.4. The summed E-state index contributed by atoms with van der Waals surface area (Å²) in [6.45, 7) is 1.94. The second-order valence-electron chi connectivity index (χ2n) is 4.66. The van der Waals surface area contributed by atoms with Crippen molar-refractivity contribution in [3.63, 3.8) is 0 Å². The first-order valence-corrected chi connectivity index (χ1v) is 7.66. The number of aromatic nitrogens is 1. The maximum absolute atomic E-state index is 12.4. The minimum Gasteiger partial charge on any atom is -0.384 e. The van der Waals surface area contributed by atoms with Crippen LogP contribution in [-0.2, 0) is 21.3 Å². The van der Waals surface area contributed by atoms with Crippen molar-refractivity contribution in [2.45, 2.75) is 17.9 Å². The predicted molar refractivity (Wildman–Crippen MR) is 70.9 cm³/mol. The summed E-state index contributed by atoms with van der Waals surface area (Å²) in [5.74, 6) is 0.274. The Labute approximate surface area is 113 Å². The fourth-order valence-corrected chi connectivity index (χ4v) is 3.70. The standard InChI is InChI=1S/C12H19N3O3S/c1-18-9-10-4-5-15(8-10)19(16,17)12-3-2-11(6-13)14-7-12/h2-3,7,10H,4-6,8-9,13H2,1H3. The van der Waals surface area contributed by atoms with Crippen molar-refractivity contribution >= 4 is 10.0 Å². The fourth-order valence-electron chi connectivity index (χ4n) is 2.22. The molecule has 1 unspecified atom stereocenters. The van der Waals surface area contributed by atoms with Crippen molar-refractivity contribution < 1.29 is 13.2 Å². The summed E-state index contributed by atoms with van der Waals surface area (Å²) in [5, 5.41) is 0. The molecule has 0 bridgehead atoms. The largest absolute Gasteiger partial charge is 0.384 e. The van der Waals surface area contributed by atoms with Crippen LogP contribution in [0.15, 0.2) is 23.2 Å². The monoisotopic (exact) mass is 285 g/mol. The average molecular weight is 285 g/mol. The molecule has 1 aromatic heterocycles. The molecule has 1 aliphatic heterocycles. The molecule has 0 aliphatic carbocycles. The summed E-state index contributed by atoms with van der Waals surface area (Å²) in [5.41, 5.74) is 6.12. The van der Waals surface area contributed by atoms with Crippen LogP contribution in [0.1, 0.15) is 12.1 Å². The number of methoxy groups -OCH3 is 1. The molecule has 1 aromatic rings. The third-order valence-electron chi connectivity index (χ3n) is 3.30. The van der Waals surface area contributed by atoms with Gasteiger partial charge in [-0.15, -0.1) is 0 Å². The quantitative estimate of drug-likeness (QED) is 0.835. The molecule has 6 nitrogen and oxygen atoms in total. The van der Waals surface area contributed by atoms with Gasteiger partial charge >= 0.3 is 0 Å². The van der Waals surface area contributed by atoms with Gasteiger partial charge in [0.2, 0.25) is 10.0 Å². The molecule has 0 radical (unpaired) electrons. The Balaban J connectivity index is 2.13.